The number of phosphoric ester groups is 1. The summed E-state index contributed by atoms with van der Waals surface area (Å²) in [6, 6.07) is 0. The first-order chi connectivity index (χ1) is 8.54. The maximum Gasteiger partial charge on any atom is 0.471 e. The maximum absolute atomic E-state index is 11.1. The quantitative estimate of drug-likeness (QED) is 0.308. The molecule has 2 N–H and O–H groups in total. The highest BCUT2D eigenvalue weighted by atomic mass is 79.9. The van der Waals surface area contributed by atoms with E-state index in [4.69, 9.17) is 25.9 Å². The lowest BCUT2D eigenvalue weighted by atomic mass is 9.95. The van der Waals surface area contributed by atoms with Gasteiger partial charge in [0.25, 0.3) is 0 Å². The minimum absolute atomic E-state index is 0.0447. The van der Waals surface area contributed by atoms with Crippen LogP contribution in [0.25, 0.3) is 0 Å². The highest BCUT2D eigenvalue weighted by Crippen LogP contribution is 2.49. The molecule has 10 heteroatoms. The van der Waals surface area contributed by atoms with Crippen LogP contribution in [-0.4, -0.2) is 35.2 Å². The zero-order chi connectivity index (χ0) is 15.3. The number of hydrogen-bond acceptors (Lipinski definition) is 2. The second kappa shape index (κ2) is 9.46. The molecule has 19 heavy (non-hydrogen) atoms. The van der Waals surface area contributed by atoms with Crippen LogP contribution in [-0.2, 0) is 9.09 Å². The number of phosphoric acid groups is 1. The fourth-order valence-corrected chi connectivity index (χ4v) is 4.42. The van der Waals surface area contributed by atoms with Crippen LogP contribution in [0.5, 0.6) is 0 Å². The summed E-state index contributed by atoms with van der Waals surface area (Å²) in [5, 5.41) is -0.0968. The van der Waals surface area contributed by atoms with Crippen LogP contribution in [0.2, 0.25) is 0 Å². The minimum Gasteiger partial charge on any atom is -0.303 e. The van der Waals surface area contributed by atoms with Crippen molar-refractivity contribution in [3.63, 3.8) is 0 Å². The summed E-state index contributed by atoms with van der Waals surface area (Å²) in [5.74, 6) is -0.247. The smallest absolute Gasteiger partial charge is 0.303 e. The second-order valence-electron chi connectivity index (χ2n) is 4.21. The van der Waals surface area contributed by atoms with Gasteiger partial charge >= 0.3 is 7.82 Å². The van der Waals surface area contributed by atoms with Crippen LogP contribution in [0.4, 0.5) is 0 Å². The number of hydrogen-bond donors (Lipinski definition) is 2. The molecule has 0 heterocycles. The number of halogens is 5. The van der Waals surface area contributed by atoms with Gasteiger partial charge in [-0.2, -0.15) is 0 Å². The Kier molecular flexibility index (Phi) is 10.6. The summed E-state index contributed by atoms with van der Waals surface area (Å²) in [4.78, 5) is 18.2. The first kappa shape index (κ1) is 21.3. The van der Waals surface area contributed by atoms with Gasteiger partial charge in [-0.15, -0.1) is 0 Å². The number of rotatable bonds is 9. The molecule has 0 saturated heterocycles. The lowest BCUT2D eigenvalue weighted by Crippen LogP contribution is -2.37. The lowest BCUT2D eigenvalue weighted by Gasteiger charge is -2.35. The largest absolute Gasteiger partial charge is 0.471 e. The van der Waals surface area contributed by atoms with E-state index in [-0.39, 0.29) is 22.0 Å². The molecular weight excluding hydrogens is 558 g/mol. The molecule has 4 nitrogen and oxygen atoms in total. The summed E-state index contributed by atoms with van der Waals surface area (Å²) in [7, 11) is -4.65. The molecule has 116 valence electrons. The SMILES string of the molecule is CC(CC(Br)CBr)C(Cl)(CC(Br)CBr)OP(=O)(O)O. The second-order valence-corrected chi connectivity index (χ2v) is 9.90. The Bertz CT molecular complexity index is 319. The molecule has 0 amide bonds. The fourth-order valence-electron chi connectivity index (χ4n) is 1.51. The standard InChI is InChI=1S/C9H16Br4ClO4P/c1-6(2-7(12)4-10)9(14,3-8(13)5-11)18-19(15,16)17/h6-8H,2-5H2,1H3,(H2,15,16,17). The zero-order valence-corrected chi connectivity index (χ0v) is 18.1. The van der Waals surface area contributed by atoms with Crippen molar-refractivity contribution in [1.82, 2.24) is 0 Å². The summed E-state index contributed by atoms with van der Waals surface area (Å²) in [6.45, 7) is 1.81. The van der Waals surface area contributed by atoms with Gasteiger partial charge in [-0.05, 0) is 6.42 Å². The molecular formula is C9H16Br4ClO4P. The number of alkyl halides is 5. The van der Waals surface area contributed by atoms with E-state index in [0.717, 1.165) is 5.33 Å². The van der Waals surface area contributed by atoms with Gasteiger partial charge in [0.05, 0.1) is 0 Å². The third-order valence-corrected chi connectivity index (χ3v) is 8.37. The molecule has 0 aliphatic heterocycles. The molecule has 0 aliphatic rings. The first-order valence-electron chi connectivity index (χ1n) is 5.39. The van der Waals surface area contributed by atoms with Crippen molar-refractivity contribution in [2.24, 2.45) is 5.92 Å². The summed E-state index contributed by atoms with van der Waals surface area (Å²) < 4.78 is 16.0. The van der Waals surface area contributed by atoms with Crippen molar-refractivity contribution in [3.05, 3.63) is 0 Å². The zero-order valence-electron chi connectivity index (χ0n) is 10.1. The van der Waals surface area contributed by atoms with E-state index in [2.05, 4.69) is 63.7 Å². The molecule has 0 saturated carbocycles. The third kappa shape index (κ3) is 9.14. The van der Waals surface area contributed by atoms with Gasteiger partial charge in [0, 0.05) is 32.7 Å². The molecule has 0 bridgehead atoms. The summed E-state index contributed by atoms with van der Waals surface area (Å²) in [6.07, 6.45) is 0.894. The van der Waals surface area contributed by atoms with E-state index >= 15 is 0 Å². The van der Waals surface area contributed by atoms with Crippen molar-refractivity contribution in [1.29, 1.82) is 0 Å². The van der Waals surface area contributed by atoms with Crippen LogP contribution in [0.1, 0.15) is 19.8 Å². The van der Waals surface area contributed by atoms with Crippen molar-refractivity contribution in [3.8, 4) is 0 Å². The van der Waals surface area contributed by atoms with Crippen molar-refractivity contribution in [2.75, 3.05) is 10.7 Å². The highest BCUT2D eigenvalue weighted by molar-refractivity contribution is 9.12. The summed E-state index contributed by atoms with van der Waals surface area (Å²) in [5.41, 5.74) is 0. The highest BCUT2D eigenvalue weighted by Gasteiger charge is 2.42. The molecule has 0 fully saturated rings. The molecule has 0 aromatic heterocycles. The van der Waals surface area contributed by atoms with Gasteiger partial charge in [0.15, 0.2) is 5.06 Å². The van der Waals surface area contributed by atoms with Crippen molar-refractivity contribution in [2.45, 2.75) is 34.5 Å². The lowest BCUT2D eigenvalue weighted by molar-refractivity contribution is 0.0506. The Balaban J connectivity index is 4.97. The van der Waals surface area contributed by atoms with Crippen LogP contribution in [0, 0.1) is 5.92 Å². The predicted octanol–water partition coefficient (Wildman–Crippen LogP) is 4.76. The molecule has 0 radical (unpaired) electrons. The van der Waals surface area contributed by atoms with Gasteiger partial charge in [-0.1, -0.05) is 82.2 Å². The topological polar surface area (TPSA) is 66.8 Å². The van der Waals surface area contributed by atoms with Crippen LogP contribution >= 0.6 is 83.1 Å². The van der Waals surface area contributed by atoms with Gasteiger partial charge in [-0.3, -0.25) is 4.52 Å². The monoisotopic (exact) mass is 570 g/mol. The molecule has 0 aromatic carbocycles. The van der Waals surface area contributed by atoms with Gasteiger partial charge in [-0.25, -0.2) is 4.57 Å². The van der Waals surface area contributed by atoms with Gasteiger partial charge in [0.1, 0.15) is 0 Å². The van der Waals surface area contributed by atoms with Gasteiger partial charge in [0.2, 0.25) is 0 Å². The summed E-state index contributed by atoms with van der Waals surface area (Å²) >= 11 is 19.8. The van der Waals surface area contributed by atoms with E-state index in [0.29, 0.717) is 11.8 Å². The van der Waals surface area contributed by atoms with Crippen LogP contribution in [0.3, 0.4) is 0 Å². The molecule has 4 unspecified atom stereocenters. The normalized spacial score (nSPS) is 20.6. The van der Waals surface area contributed by atoms with Crippen molar-refractivity contribution < 1.29 is 18.9 Å². The Morgan fingerprint density at radius 2 is 1.74 bits per heavy atom. The van der Waals surface area contributed by atoms with Crippen LogP contribution < -0.4 is 0 Å². The third-order valence-electron chi connectivity index (χ3n) is 2.45. The van der Waals surface area contributed by atoms with E-state index in [1.165, 1.54) is 0 Å². The fraction of sp³-hybridized carbons (Fsp3) is 1.00. The average molecular weight is 574 g/mol. The van der Waals surface area contributed by atoms with Crippen molar-refractivity contribution >= 4 is 83.1 Å². The molecule has 0 rings (SSSR count). The molecule has 0 aromatic rings. The Hall–Kier alpha value is 2.32. The van der Waals surface area contributed by atoms with E-state index < -0.39 is 12.9 Å². The maximum atomic E-state index is 11.1. The van der Waals surface area contributed by atoms with E-state index in [1.807, 2.05) is 6.92 Å². The molecule has 4 atom stereocenters. The van der Waals surface area contributed by atoms with Crippen LogP contribution in [0.15, 0.2) is 0 Å². The average Bonchev–Trinajstić information content (AvgIpc) is 2.25. The molecule has 0 aliphatic carbocycles. The Morgan fingerprint density at radius 1 is 1.26 bits per heavy atom. The minimum atomic E-state index is -4.65. The van der Waals surface area contributed by atoms with Gasteiger partial charge < -0.3 is 9.79 Å². The van der Waals surface area contributed by atoms with E-state index in [1.54, 1.807) is 0 Å². The Morgan fingerprint density at radius 3 is 2.11 bits per heavy atom. The molecule has 0 spiro atoms. The van der Waals surface area contributed by atoms with E-state index in [9.17, 15) is 4.57 Å². The first-order valence-corrected chi connectivity index (χ1v) is 11.4. The Labute approximate surface area is 152 Å². The predicted molar refractivity (Wildman–Crippen MR) is 93.1 cm³/mol.